The first-order valence-electron chi connectivity index (χ1n) is 17.4. The van der Waals surface area contributed by atoms with E-state index in [9.17, 15) is 0 Å². The van der Waals surface area contributed by atoms with Crippen molar-refractivity contribution in [3.05, 3.63) is 82.6 Å². The highest BCUT2D eigenvalue weighted by atomic mass is 32.1. The molecule has 0 bridgehead atoms. The second kappa shape index (κ2) is 13.6. The summed E-state index contributed by atoms with van der Waals surface area (Å²) in [5.41, 5.74) is 2.74. The number of unbranched alkanes of at least 4 members (excludes halogenated alkanes) is 10. The Morgan fingerprint density at radius 2 is 0.750 bits per heavy atom. The topological polar surface area (TPSA) is 0 Å². The Balaban J connectivity index is 1.05. The van der Waals surface area contributed by atoms with Crippen LogP contribution in [0.4, 0.5) is 0 Å². The largest absolute Gasteiger partial charge is 0.140 e. The van der Waals surface area contributed by atoms with Gasteiger partial charge in [0.15, 0.2) is 0 Å². The van der Waals surface area contributed by atoms with Crippen molar-refractivity contribution in [2.24, 2.45) is 0 Å². The smallest absolute Gasteiger partial charge is 0.0345 e. The first kappa shape index (κ1) is 29.8. The van der Waals surface area contributed by atoms with E-state index in [0.29, 0.717) is 0 Å². The first-order valence-corrected chi connectivity index (χ1v) is 19.0. The predicted octanol–water partition coefficient (Wildman–Crippen LogP) is 14.4. The Bertz CT molecular complexity index is 1810. The Morgan fingerprint density at radius 3 is 1.20 bits per heavy atom. The van der Waals surface area contributed by atoms with Crippen molar-refractivity contribution >= 4 is 65.8 Å². The monoisotopic (exact) mass is 614 g/mol. The van der Waals surface area contributed by atoms with Crippen LogP contribution in [0.1, 0.15) is 101 Å². The van der Waals surface area contributed by atoms with Crippen LogP contribution in [0.2, 0.25) is 0 Å². The lowest BCUT2D eigenvalue weighted by Gasteiger charge is -2.19. The van der Waals surface area contributed by atoms with Crippen molar-refractivity contribution in [1.29, 1.82) is 0 Å². The van der Waals surface area contributed by atoms with Gasteiger partial charge in [-0.1, -0.05) is 102 Å². The van der Waals surface area contributed by atoms with Crippen molar-refractivity contribution in [1.82, 2.24) is 0 Å². The Morgan fingerprint density at radius 1 is 0.364 bits per heavy atom. The first-order chi connectivity index (χ1) is 21.7. The Kier molecular flexibility index (Phi) is 9.19. The highest BCUT2D eigenvalue weighted by Crippen LogP contribution is 2.46. The van der Waals surface area contributed by atoms with E-state index in [2.05, 4.69) is 86.6 Å². The summed E-state index contributed by atoms with van der Waals surface area (Å²) in [5, 5.41) is 11.4. The summed E-state index contributed by atoms with van der Waals surface area (Å²) in [4.78, 5) is 5.89. The molecule has 0 radical (unpaired) electrons. The van der Waals surface area contributed by atoms with Crippen LogP contribution in [0.25, 0.3) is 64.0 Å². The zero-order valence-corrected chi connectivity index (χ0v) is 28.3. The molecule has 0 fully saturated rings. The fourth-order valence-electron chi connectivity index (χ4n) is 7.17. The Labute approximate surface area is 271 Å². The quantitative estimate of drug-likeness (QED) is 0.0950. The third-order valence-electron chi connectivity index (χ3n) is 9.80. The fourth-order valence-corrected chi connectivity index (χ4v) is 9.26. The molecule has 0 saturated heterocycles. The van der Waals surface area contributed by atoms with Crippen LogP contribution in [-0.2, 0) is 12.8 Å². The number of thiophene rings is 2. The highest BCUT2D eigenvalue weighted by molar-refractivity contribution is 7.15. The van der Waals surface area contributed by atoms with Gasteiger partial charge in [0, 0.05) is 19.5 Å². The third kappa shape index (κ3) is 6.01. The zero-order valence-electron chi connectivity index (χ0n) is 26.6. The van der Waals surface area contributed by atoms with E-state index in [0.717, 1.165) is 0 Å². The molecule has 2 heterocycles. The van der Waals surface area contributed by atoms with Crippen LogP contribution in [0.5, 0.6) is 0 Å². The van der Waals surface area contributed by atoms with E-state index in [1.54, 1.807) is 0 Å². The SMILES string of the molecule is CCCCCCCCc1ccc(-c2ccc3c(c2)c2cc4c5ccc(-c6ccc(CCCCCCCC)s6)cc5c4cc32)s1. The van der Waals surface area contributed by atoms with Gasteiger partial charge in [0.1, 0.15) is 0 Å². The molecular formula is C42H46S2. The molecule has 0 aliphatic carbocycles. The molecule has 7 aromatic rings. The van der Waals surface area contributed by atoms with Crippen LogP contribution in [0, 0.1) is 0 Å². The van der Waals surface area contributed by atoms with Crippen molar-refractivity contribution in [2.45, 2.75) is 104 Å². The predicted molar refractivity (Wildman–Crippen MR) is 200 cm³/mol. The lowest BCUT2D eigenvalue weighted by Crippen LogP contribution is -1.91. The zero-order chi connectivity index (χ0) is 29.9. The molecular weight excluding hydrogens is 569 g/mol. The number of hydrogen-bond donors (Lipinski definition) is 0. The van der Waals surface area contributed by atoms with Gasteiger partial charge in [-0.15, -0.1) is 22.7 Å². The van der Waals surface area contributed by atoms with Crippen molar-refractivity contribution in [2.75, 3.05) is 0 Å². The van der Waals surface area contributed by atoms with Gasteiger partial charge in [-0.25, -0.2) is 0 Å². The molecule has 44 heavy (non-hydrogen) atoms. The summed E-state index contributed by atoms with van der Waals surface area (Å²) in [6.45, 7) is 4.58. The second-order valence-corrected chi connectivity index (χ2v) is 15.4. The van der Waals surface area contributed by atoms with E-state index >= 15 is 0 Å². The third-order valence-corrected chi connectivity index (χ3v) is 12.2. The van der Waals surface area contributed by atoms with Gasteiger partial charge in [0.25, 0.3) is 0 Å². The standard InChI is InChI=1S/C42H46S2/c1-3-5-7-9-11-13-15-31-19-23-41(43-31)29-17-21-33-35(25-29)39-27-38-34-22-18-30(26-36(34)40(38)28-37(33)39)42-24-20-32(44-42)16-14-12-10-8-6-4-2/h17-28H,3-16H2,1-2H3. The molecule has 5 aromatic carbocycles. The van der Waals surface area contributed by atoms with Crippen molar-refractivity contribution in [3.63, 3.8) is 0 Å². The summed E-state index contributed by atoms with van der Waals surface area (Å²) in [6.07, 6.45) is 18.8. The van der Waals surface area contributed by atoms with E-state index in [-0.39, 0.29) is 0 Å². The van der Waals surface area contributed by atoms with Gasteiger partial charge in [-0.05, 0) is 128 Å². The van der Waals surface area contributed by atoms with Crippen LogP contribution in [-0.4, -0.2) is 0 Å². The summed E-state index contributed by atoms with van der Waals surface area (Å²) >= 11 is 3.98. The summed E-state index contributed by atoms with van der Waals surface area (Å²) < 4.78 is 0. The molecule has 2 aromatic heterocycles. The molecule has 226 valence electrons. The lowest BCUT2D eigenvalue weighted by atomic mass is 9.85. The minimum absolute atomic E-state index is 1.23. The molecule has 0 saturated carbocycles. The van der Waals surface area contributed by atoms with Gasteiger partial charge >= 0.3 is 0 Å². The van der Waals surface area contributed by atoms with Crippen LogP contribution in [0.15, 0.2) is 72.8 Å². The molecule has 2 heteroatoms. The van der Waals surface area contributed by atoms with Crippen LogP contribution >= 0.6 is 22.7 Å². The maximum Gasteiger partial charge on any atom is 0.0345 e. The Hall–Kier alpha value is -2.94. The second-order valence-electron chi connectivity index (χ2n) is 13.0. The lowest BCUT2D eigenvalue weighted by molar-refractivity contribution is 0.609. The number of aryl methyl sites for hydroxylation is 2. The molecule has 0 aliphatic heterocycles. The normalized spacial score (nSPS) is 12.2. The maximum absolute atomic E-state index is 2.46. The average Bonchev–Trinajstić information content (AvgIpc) is 3.72. The highest BCUT2D eigenvalue weighted by Gasteiger charge is 2.18. The van der Waals surface area contributed by atoms with E-state index in [1.165, 1.54) is 164 Å². The van der Waals surface area contributed by atoms with Gasteiger partial charge in [-0.3, -0.25) is 0 Å². The molecule has 0 atom stereocenters. The number of hydrogen-bond acceptors (Lipinski definition) is 2. The fraction of sp³-hybridized carbons (Fsp3) is 0.381. The maximum atomic E-state index is 2.46. The van der Waals surface area contributed by atoms with Crippen molar-refractivity contribution in [3.8, 4) is 20.9 Å². The van der Waals surface area contributed by atoms with E-state index in [1.807, 2.05) is 22.7 Å². The van der Waals surface area contributed by atoms with Gasteiger partial charge < -0.3 is 0 Å². The average molecular weight is 615 g/mol. The molecule has 7 rings (SSSR count). The molecule has 0 unspecified atom stereocenters. The van der Waals surface area contributed by atoms with Gasteiger partial charge in [0.05, 0.1) is 0 Å². The number of fused-ring (bicyclic) bond motifs is 8. The minimum atomic E-state index is 1.23. The van der Waals surface area contributed by atoms with Crippen LogP contribution in [0.3, 0.4) is 0 Å². The van der Waals surface area contributed by atoms with Gasteiger partial charge in [0.2, 0.25) is 0 Å². The molecule has 0 nitrogen and oxygen atoms in total. The van der Waals surface area contributed by atoms with E-state index < -0.39 is 0 Å². The van der Waals surface area contributed by atoms with Crippen molar-refractivity contribution < 1.29 is 0 Å². The van der Waals surface area contributed by atoms with Crippen LogP contribution < -0.4 is 0 Å². The summed E-state index contributed by atoms with van der Waals surface area (Å²) in [7, 11) is 0. The summed E-state index contributed by atoms with van der Waals surface area (Å²) in [5.74, 6) is 0. The number of benzene rings is 3. The summed E-state index contributed by atoms with van der Waals surface area (Å²) in [6, 6.07) is 28.6. The molecule has 0 amide bonds. The number of rotatable bonds is 16. The van der Waals surface area contributed by atoms with E-state index in [4.69, 9.17) is 0 Å². The molecule has 0 aliphatic rings. The molecule has 0 spiro atoms. The van der Waals surface area contributed by atoms with Gasteiger partial charge in [-0.2, -0.15) is 0 Å². The molecule has 0 N–H and O–H groups in total. The minimum Gasteiger partial charge on any atom is -0.140 e.